The Balaban J connectivity index is 2.32. The van der Waals surface area contributed by atoms with Gasteiger partial charge in [-0.15, -0.1) is 11.8 Å². The molecule has 0 saturated heterocycles. The summed E-state index contributed by atoms with van der Waals surface area (Å²) in [7, 11) is 0. The molecule has 6 heteroatoms. The fourth-order valence-electron chi connectivity index (χ4n) is 2.11. The first-order valence-corrected chi connectivity index (χ1v) is 8.27. The molecule has 2 nitrogen and oxygen atoms in total. The normalized spacial score (nSPS) is 11.2. The highest BCUT2D eigenvalue weighted by Gasteiger charge is 2.10. The lowest BCUT2D eigenvalue weighted by Crippen LogP contribution is -1.94. The number of nitrogens with zero attached hydrogens (tertiary/aromatic N) is 1. The van der Waals surface area contributed by atoms with Gasteiger partial charge in [-0.25, -0.2) is 4.39 Å². The summed E-state index contributed by atoms with van der Waals surface area (Å²) in [5.41, 5.74) is 2.50. The minimum absolute atomic E-state index is 0.307. The van der Waals surface area contributed by atoms with Crippen molar-refractivity contribution in [1.29, 1.82) is 0 Å². The van der Waals surface area contributed by atoms with Gasteiger partial charge in [-0.2, -0.15) is 0 Å². The van der Waals surface area contributed by atoms with Gasteiger partial charge in [-0.3, -0.25) is 4.57 Å². The van der Waals surface area contributed by atoms with E-state index in [9.17, 15) is 4.39 Å². The minimum atomic E-state index is -0.307. The number of nitrogens with one attached hydrogen (secondary N) is 1. The molecule has 1 heterocycles. The lowest BCUT2D eigenvalue weighted by molar-refractivity contribution is 0.623. The highest BCUT2D eigenvalue weighted by molar-refractivity contribution is 9.10. The summed E-state index contributed by atoms with van der Waals surface area (Å²) < 4.78 is 16.5. The first kappa shape index (κ1) is 13.9. The van der Waals surface area contributed by atoms with E-state index >= 15 is 0 Å². The summed E-state index contributed by atoms with van der Waals surface area (Å²) >= 11 is 10.3. The monoisotopic (exact) mass is 368 g/mol. The number of hydrogen-bond acceptors (Lipinski definition) is 2. The molecule has 0 bridgehead atoms. The largest absolute Gasteiger partial charge is 0.330 e. The SMILES string of the molecule is CSc1cccc(-n2c(=S)[nH]c3cc(F)c(Br)cc32)c1. The van der Waals surface area contributed by atoms with Crippen molar-refractivity contribution in [3.8, 4) is 5.69 Å². The smallest absolute Gasteiger partial charge is 0.182 e. The zero-order valence-corrected chi connectivity index (χ0v) is 13.7. The molecule has 0 fully saturated rings. The molecule has 0 atom stereocenters. The predicted molar refractivity (Wildman–Crippen MR) is 87.9 cm³/mol. The molecule has 1 aromatic heterocycles. The van der Waals surface area contributed by atoms with Gasteiger partial charge in [0.1, 0.15) is 5.82 Å². The number of H-pyrrole nitrogens is 1. The van der Waals surface area contributed by atoms with E-state index in [1.165, 1.54) is 6.07 Å². The van der Waals surface area contributed by atoms with Gasteiger partial charge >= 0.3 is 0 Å². The van der Waals surface area contributed by atoms with Crippen LogP contribution < -0.4 is 0 Å². The third-order valence-corrected chi connectivity index (χ3v) is 4.65. The van der Waals surface area contributed by atoms with Crippen LogP contribution in [0.25, 0.3) is 16.7 Å². The summed E-state index contributed by atoms with van der Waals surface area (Å²) in [5, 5.41) is 0. The number of halogens is 2. The van der Waals surface area contributed by atoms with Crippen LogP contribution in [0.5, 0.6) is 0 Å². The van der Waals surface area contributed by atoms with Gasteiger partial charge in [0.15, 0.2) is 4.77 Å². The molecule has 0 aliphatic rings. The van der Waals surface area contributed by atoms with Crippen LogP contribution in [0.2, 0.25) is 0 Å². The van der Waals surface area contributed by atoms with Gasteiger partial charge in [0.05, 0.1) is 15.5 Å². The van der Waals surface area contributed by atoms with Crippen LogP contribution in [-0.2, 0) is 0 Å². The topological polar surface area (TPSA) is 20.7 Å². The Labute approximate surface area is 133 Å². The number of aromatic amines is 1. The van der Waals surface area contributed by atoms with Crippen molar-refractivity contribution < 1.29 is 4.39 Å². The van der Waals surface area contributed by atoms with Crippen LogP contribution in [0.4, 0.5) is 4.39 Å². The average molecular weight is 369 g/mol. The number of rotatable bonds is 2. The standard InChI is InChI=1S/C14H10BrFN2S2/c1-20-9-4-2-3-8(5-9)18-13-6-10(15)11(16)7-12(13)17-14(18)19/h2-7H,1H3,(H,17,19). The predicted octanol–water partition coefficient (Wildman–Crippen LogP) is 5.31. The van der Waals surface area contributed by atoms with Gasteiger partial charge < -0.3 is 4.98 Å². The Morgan fingerprint density at radius 1 is 1.30 bits per heavy atom. The fourth-order valence-corrected chi connectivity index (χ4v) is 3.21. The summed E-state index contributed by atoms with van der Waals surface area (Å²) in [6.45, 7) is 0. The molecular formula is C14H10BrFN2S2. The maximum Gasteiger partial charge on any atom is 0.182 e. The van der Waals surface area contributed by atoms with Crippen molar-refractivity contribution in [3.05, 3.63) is 51.5 Å². The Morgan fingerprint density at radius 3 is 2.85 bits per heavy atom. The average Bonchev–Trinajstić information content (AvgIpc) is 2.74. The van der Waals surface area contributed by atoms with Gasteiger partial charge in [0, 0.05) is 16.6 Å². The quantitative estimate of drug-likeness (QED) is 0.488. The van der Waals surface area contributed by atoms with Crippen molar-refractivity contribution in [3.63, 3.8) is 0 Å². The first-order valence-electron chi connectivity index (χ1n) is 5.84. The molecular weight excluding hydrogens is 359 g/mol. The molecule has 20 heavy (non-hydrogen) atoms. The second kappa shape index (κ2) is 5.35. The fraction of sp³-hybridized carbons (Fsp3) is 0.0714. The molecule has 0 radical (unpaired) electrons. The number of hydrogen-bond donors (Lipinski definition) is 1. The van der Waals surface area contributed by atoms with Gasteiger partial charge in [-0.1, -0.05) is 6.07 Å². The number of benzene rings is 2. The van der Waals surface area contributed by atoms with Gasteiger partial charge in [0.2, 0.25) is 0 Å². The highest BCUT2D eigenvalue weighted by atomic mass is 79.9. The summed E-state index contributed by atoms with van der Waals surface area (Å²) in [5.74, 6) is -0.307. The number of aromatic nitrogens is 2. The van der Waals surface area contributed by atoms with E-state index in [0.29, 0.717) is 14.8 Å². The van der Waals surface area contributed by atoms with Crippen molar-refractivity contribution in [2.45, 2.75) is 4.90 Å². The third kappa shape index (κ3) is 2.32. The molecule has 0 saturated carbocycles. The second-order valence-electron chi connectivity index (χ2n) is 4.25. The van der Waals surface area contributed by atoms with Gasteiger partial charge in [0.25, 0.3) is 0 Å². The Bertz CT molecular complexity index is 854. The van der Waals surface area contributed by atoms with Crippen molar-refractivity contribution in [1.82, 2.24) is 9.55 Å². The molecule has 2 aromatic carbocycles. The number of fused-ring (bicyclic) bond motifs is 1. The van der Waals surface area contributed by atoms with E-state index < -0.39 is 0 Å². The zero-order chi connectivity index (χ0) is 14.3. The van der Waals surface area contributed by atoms with Crippen LogP contribution in [0.1, 0.15) is 0 Å². The molecule has 0 unspecified atom stereocenters. The summed E-state index contributed by atoms with van der Waals surface area (Å²) in [6.07, 6.45) is 2.03. The van der Waals surface area contributed by atoms with Crippen LogP contribution in [0, 0.1) is 10.6 Å². The molecule has 0 amide bonds. The van der Waals surface area contributed by atoms with E-state index in [-0.39, 0.29) is 5.82 Å². The lowest BCUT2D eigenvalue weighted by atomic mass is 10.2. The zero-order valence-electron chi connectivity index (χ0n) is 10.5. The minimum Gasteiger partial charge on any atom is -0.330 e. The molecule has 0 spiro atoms. The van der Waals surface area contributed by atoms with Crippen LogP contribution >= 0.6 is 39.9 Å². The highest BCUT2D eigenvalue weighted by Crippen LogP contribution is 2.27. The Morgan fingerprint density at radius 2 is 2.10 bits per heavy atom. The van der Waals surface area contributed by atoms with Crippen LogP contribution in [0.3, 0.4) is 0 Å². The van der Waals surface area contributed by atoms with Crippen molar-refractivity contribution in [2.24, 2.45) is 0 Å². The molecule has 3 aromatic rings. The summed E-state index contributed by atoms with van der Waals surface area (Å²) in [4.78, 5) is 4.19. The number of thioether (sulfide) groups is 1. The second-order valence-corrected chi connectivity index (χ2v) is 6.37. The van der Waals surface area contributed by atoms with Gasteiger partial charge in [-0.05, 0) is 58.7 Å². The van der Waals surface area contributed by atoms with E-state index in [0.717, 1.165) is 16.1 Å². The molecule has 0 aliphatic heterocycles. The molecule has 102 valence electrons. The maximum atomic E-state index is 13.6. The van der Waals surface area contributed by atoms with E-state index in [4.69, 9.17) is 12.2 Å². The van der Waals surface area contributed by atoms with Crippen LogP contribution in [-0.4, -0.2) is 15.8 Å². The van der Waals surface area contributed by atoms with Crippen molar-refractivity contribution >= 4 is 50.9 Å². The van der Waals surface area contributed by atoms with Crippen molar-refractivity contribution in [2.75, 3.05) is 6.26 Å². The van der Waals surface area contributed by atoms with Crippen LogP contribution in [0.15, 0.2) is 45.8 Å². The summed E-state index contributed by atoms with van der Waals surface area (Å²) in [6, 6.07) is 11.3. The molecule has 1 N–H and O–H groups in total. The molecule has 3 rings (SSSR count). The van der Waals surface area contributed by atoms with E-state index in [1.54, 1.807) is 17.8 Å². The molecule has 0 aliphatic carbocycles. The first-order chi connectivity index (χ1) is 9.60. The van der Waals surface area contributed by atoms with E-state index in [2.05, 4.69) is 27.0 Å². The Kier molecular flexibility index (Phi) is 3.70. The maximum absolute atomic E-state index is 13.6. The lowest BCUT2D eigenvalue weighted by Gasteiger charge is -2.06. The van der Waals surface area contributed by atoms with E-state index in [1.807, 2.05) is 29.0 Å². The third-order valence-electron chi connectivity index (χ3n) is 3.04. The Hall–Kier alpha value is -1.11. The number of imidazole rings is 1.